The van der Waals surface area contributed by atoms with Gasteiger partial charge in [-0.3, -0.25) is 14.4 Å². The van der Waals surface area contributed by atoms with Crippen molar-refractivity contribution in [3.63, 3.8) is 0 Å². The van der Waals surface area contributed by atoms with E-state index in [2.05, 4.69) is 21.2 Å². The van der Waals surface area contributed by atoms with Gasteiger partial charge in [-0.15, -0.1) is 0 Å². The monoisotopic (exact) mass is 383 g/mol. The van der Waals surface area contributed by atoms with Crippen molar-refractivity contribution < 1.29 is 23.9 Å². The number of halogens is 1. The maximum Gasteiger partial charge on any atom is 0.307 e. The average molecular weight is 384 g/mol. The molecule has 0 saturated carbocycles. The highest BCUT2D eigenvalue weighted by Crippen LogP contribution is 2.44. The van der Waals surface area contributed by atoms with E-state index in [0.29, 0.717) is 11.3 Å². The summed E-state index contributed by atoms with van der Waals surface area (Å²) in [5, 5.41) is 2.74. The zero-order valence-electron chi connectivity index (χ0n) is 13.0. The molecule has 0 aliphatic carbocycles. The van der Waals surface area contributed by atoms with Crippen LogP contribution < -0.4 is 5.32 Å². The summed E-state index contributed by atoms with van der Waals surface area (Å²) in [4.78, 5) is 36.6. The minimum absolute atomic E-state index is 0.210. The topological polar surface area (TPSA) is 81.7 Å². The fourth-order valence-electron chi connectivity index (χ4n) is 2.72. The number of carbonyl (C=O) groups is 3. The van der Waals surface area contributed by atoms with Crippen LogP contribution in [0.5, 0.6) is 0 Å². The average Bonchev–Trinajstić information content (AvgIpc) is 2.72. The Morgan fingerprint density at radius 1 is 1.13 bits per heavy atom. The molecule has 6 nitrogen and oxygen atoms in total. The van der Waals surface area contributed by atoms with E-state index in [1.807, 2.05) is 0 Å². The molecule has 1 aromatic carbocycles. The van der Waals surface area contributed by atoms with Gasteiger partial charge in [-0.05, 0) is 37.6 Å². The lowest BCUT2D eigenvalue weighted by atomic mass is 9.76. The molecule has 0 unspecified atom stereocenters. The number of hydrogen-bond donors (Lipinski definition) is 1. The molecule has 0 fully saturated rings. The van der Waals surface area contributed by atoms with Crippen LogP contribution in [0.15, 0.2) is 22.7 Å². The molecule has 1 aromatic rings. The lowest BCUT2D eigenvalue weighted by Gasteiger charge is -2.25. The Labute approximate surface area is 142 Å². The molecule has 0 aromatic heterocycles. The van der Waals surface area contributed by atoms with E-state index in [0.717, 1.165) is 4.47 Å². The van der Waals surface area contributed by atoms with Crippen LogP contribution in [0, 0.1) is 0 Å². The Morgan fingerprint density at radius 2 is 1.70 bits per heavy atom. The third-order valence-electron chi connectivity index (χ3n) is 3.68. The number of rotatable bonds is 6. The number of hydrogen-bond acceptors (Lipinski definition) is 5. The number of benzene rings is 1. The van der Waals surface area contributed by atoms with Crippen LogP contribution in [0.3, 0.4) is 0 Å². The SMILES string of the molecule is CCOC(=O)CC1(CC(=O)OCC)C(=O)Nc2ccc(Br)cc21. The first kappa shape index (κ1) is 17.5. The van der Waals surface area contributed by atoms with Crippen molar-refractivity contribution in [1.82, 2.24) is 0 Å². The molecular weight excluding hydrogens is 366 g/mol. The molecular formula is C16H18BrNO5. The molecule has 1 heterocycles. The van der Waals surface area contributed by atoms with Gasteiger partial charge in [0.15, 0.2) is 0 Å². The molecule has 0 radical (unpaired) electrons. The zero-order chi connectivity index (χ0) is 17.0. The molecule has 0 atom stereocenters. The second-order valence-corrected chi connectivity index (χ2v) is 6.11. The molecule has 1 N–H and O–H groups in total. The van der Waals surface area contributed by atoms with Crippen molar-refractivity contribution in [2.24, 2.45) is 0 Å². The molecule has 23 heavy (non-hydrogen) atoms. The van der Waals surface area contributed by atoms with Crippen LogP contribution >= 0.6 is 15.9 Å². The van der Waals surface area contributed by atoms with E-state index in [4.69, 9.17) is 9.47 Å². The Hall–Kier alpha value is -1.89. The summed E-state index contributed by atoms with van der Waals surface area (Å²) >= 11 is 3.36. The van der Waals surface area contributed by atoms with Gasteiger partial charge in [-0.2, -0.15) is 0 Å². The van der Waals surface area contributed by atoms with Gasteiger partial charge in [0.05, 0.1) is 31.5 Å². The molecule has 2 rings (SSSR count). The normalized spacial score (nSPS) is 14.8. The molecule has 0 saturated heterocycles. The molecule has 1 aliphatic rings. The number of amides is 1. The number of nitrogens with one attached hydrogen (secondary N) is 1. The maximum absolute atomic E-state index is 12.6. The molecule has 0 bridgehead atoms. The Kier molecular flexibility index (Phi) is 5.41. The standard InChI is InChI=1S/C16H18BrNO5/c1-3-22-13(19)8-16(9-14(20)23-4-2)11-7-10(17)5-6-12(11)18-15(16)21/h5-7H,3-4,8-9H2,1-2H3,(H,18,21). The fraction of sp³-hybridized carbons (Fsp3) is 0.438. The summed E-state index contributed by atoms with van der Waals surface area (Å²) in [7, 11) is 0. The van der Waals surface area contributed by atoms with E-state index < -0.39 is 23.3 Å². The summed E-state index contributed by atoms with van der Waals surface area (Å²) in [5.74, 6) is -1.45. The lowest BCUT2D eigenvalue weighted by Crippen LogP contribution is -2.40. The van der Waals surface area contributed by atoms with Gasteiger partial charge in [-0.1, -0.05) is 15.9 Å². The quantitative estimate of drug-likeness (QED) is 0.763. The van der Waals surface area contributed by atoms with Crippen molar-refractivity contribution in [2.75, 3.05) is 18.5 Å². The first-order valence-corrected chi connectivity index (χ1v) is 8.15. The Bertz CT molecular complexity index is 623. The predicted molar refractivity (Wildman–Crippen MR) is 86.9 cm³/mol. The minimum atomic E-state index is -1.31. The van der Waals surface area contributed by atoms with Crippen molar-refractivity contribution in [1.29, 1.82) is 0 Å². The summed E-state index contributed by atoms with van der Waals surface area (Å²) in [6.07, 6.45) is -0.427. The second kappa shape index (κ2) is 7.12. The third-order valence-corrected chi connectivity index (χ3v) is 4.18. The summed E-state index contributed by atoms with van der Waals surface area (Å²) in [6, 6.07) is 5.25. The maximum atomic E-state index is 12.6. The number of anilines is 1. The number of ether oxygens (including phenoxy) is 2. The second-order valence-electron chi connectivity index (χ2n) is 5.19. The van der Waals surface area contributed by atoms with Crippen LogP contribution in [-0.2, 0) is 29.3 Å². The van der Waals surface area contributed by atoms with Crippen LogP contribution in [-0.4, -0.2) is 31.1 Å². The van der Waals surface area contributed by atoms with Gasteiger partial charge in [-0.25, -0.2) is 0 Å². The van der Waals surface area contributed by atoms with Gasteiger partial charge >= 0.3 is 11.9 Å². The van der Waals surface area contributed by atoms with E-state index in [1.54, 1.807) is 32.0 Å². The van der Waals surface area contributed by atoms with Gasteiger partial charge in [0.2, 0.25) is 5.91 Å². The van der Waals surface area contributed by atoms with Crippen molar-refractivity contribution in [2.45, 2.75) is 32.1 Å². The van der Waals surface area contributed by atoms with Crippen molar-refractivity contribution in [3.8, 4) is 0 Å². The summed E-state index contributed by atoms with van der Waals surface area (Å²) < 4.78 is 10.7. The van der Waals surface area contributed by atoms with Gasteiger partial charge in [0.1, 0.15) is 0 Å². The predicted octanol–water partition coefficient (Wildman–Crippen LogP) is 2.55. The van der Waals surface area contributed by atoms with Gasteiger partial charge in [0, 0.05) is 10.2 Å². The van der Waals surface area contributed by atoms with Crippen molar-refractivity contribution >= 4 is 39.5 Å². The third kappa shape index (κ3) is 3.55. The largest absolute Gasteiger partial charge is 0.466 e. The van der Waals surface area contributed by atoms with E-state index in [-0.39, 0.29) is 26.1 Å². The van der Waals surface area contributed by atoms with Crippen LogP contribution in [0.25, 0.3) is 0 Å². The highest BCUT2D eigenvalue weighted by Gasteiger charge is 2.50. The highest BCUT2D eigenvalue weighted by molar-refractivity contribution is 9.10. The Balaban J connectivity index is 2.45. The number of carbonyl (C=O) groups excluding carboxylic acids is 3. The first-order chi connectivity index (χ1) is 10.9. The van der Waals surface area contributed by atoms with Crippen LogP contribution in [0.2, 0.25) is 0 Å². The van der Waals surface area contributed by atoms with Crippen molar-refractivity contribution in [3.05, 3.63) is 28.2 Å². The van der Waals surface area contributed by atoms with Crippen LogP contribution in [0.1, 0.15) is 32.3 Å². The molecule has 7 heteroatoms. The smallest absolute Gasteiger partial charge is 0.307 e. The fourth-order valence-corrected chi connectivity index (χ4v) is 3.08. The molecule has 1 amide bonds. The highest BCUT2D eigenvalue weighted by atomic mass is 79.9. The number of esters is 2. The molecule has 0 spiro atoms. The molecule has 124 valence electrons. The van der Waals surface area contributed by atoms with Gasteiger partial charge in [0.25, 0.3) is 0 Å². The number of fused-ring (bicyclic) bond motifs is 1. The van der Waals surface area contributed by atoms with Crippen LogP contribution in [0.4, 0.5) is 5.69 Å². The van der Waals surface area contributed by atoms with E-state index in [9.17, 15) is 14.4 Å². The molecule has 1 aliphatic heterocycles. The van der Waals surface area contributed by atoms with E-state index >= 15 is 0 Å². The summed E-state index contributed by atoms with van der Waals surface area (Å²) in [5.41, 5.74) is -0.123. The van der Waals surface area contributed by atoms with Gasteiger partial charge < -0.3 is 14.8 Å². The minimum Gasteiger partial charge on any atom is -0.466 e. The Morgan fingerprint density at radius 3 is 2.22 bits per heavy atom. The zero-order valence-corrected chi connectivity index (χ0v) is 14.6. The van der Waals surface area contributed by atoms with E-state index in [1.165, 1.54) is 0 Å². The lowest BCUT2D eigenvalue weighted by molar-refractivity contribution is -0.150. The summed E-state index contributed by atoms with van der Waals surface area (Å²) in [6.45, 7) is 3.80. The first-order valence-electron chi connectivity index (χ1n) is 7.35.